The van der Waals surface area contributed by atoms with E-state index >= 15 is 0 Å². The molecule has 15 heavy (non-hydrogen) atoms. The van der Waals surface area contributed by atoms with Crippen molar-refractivity contribution in [2.45, 2.75) is 48.5 Å². The normalized spacial score (nSPS) is 14.7. The molecular formula is C14H25N. The molecule has 0 aromatic heterocycles. The van der Waals surface area contributed by atoms with Crippen molar-refractivity contribution in [1.29, 1.82) is 0 Å². The molecule has 0 rings (SSSR count). The first-order valence-corrected chi connectivity index (χ1v) is 5.49. The van der Waals surface area contributed by atoms with Crippen molar-refractivity contribution in [3.63, 3.8) is 0 Å². The second-order valence-electron chi connectivity index (χ2n) is 5.95. The zero-order valence-electron chi connectivity index (χ0n) is 11.3. The number of hydrogen-bond donors (Lipinski definition) is 0. The fraction of sp³-hybridized carbons (Fsp3) is 0.643. The van der Waals surface area contributed by atoms with Crippen molar-refractivity contribution in [3.05, 3.63) is 23.9 Å². The summed E-state index contributed by atoms with van der Waals surface area (Å²) in [6, 6.07) is 0. The van der Waals surface area contributed by atoms with Gasteiger partial charge in [0, 0.05) is 17.3 Å². The molecule has 0 fully saturated rings. The third kappa shape index (κ3) is 4.96. The van der Waals surface area contributed by atoms with Crippen LogP contribution in [-0.2, 0) is 0 Å². The molecule has 0 amide bonds. The minimum absolute atomic E-state index is 0.0488. The molecule has 0 saturated heterocycles. The number of aliphatic imine (C=N–C) groups is 1. The van der Waals surface area contributed by atoms with E-state index in [9.17, 15) is 0 Å². The smallest absolute Gasteiger partial charge is 0.0385 e. The molecular weight excluding hydrogens is 182 g/mol. The number of nitrogens with zero attached hydrogens (tertiary/aromatic N) is 1. The van der Waals surface area contributed by atoms with Crippen molar-refractivity contribution in [2.24, 2.45) is 15.8 Å². The minimum Gasteiger partial charge on any atom is -0.261 e. The SMILES string of the molecule is C=C(/N=C\C(=C/C)C(C)(C)C)C(C)(C)C. The fourth-order valence-corrected chi connectivity index (χ4v) is 1.04. The summed E-state index contributed by atoms with van der Waals surface area (Å²) >= 11 is 0. The van der Waals surface area contributed by atoms with E-state index in [1.807, 2.05) is 13.1 Å². The van der Waals surface area contributed by atoms with E-state index in [1.165, 1.54) is 5.57 Å². The Hall–Kier alpha value is -0.850. The Labute approximate surface area is 95.0 Å². The minimum atomic E-state index is 0.0488. The summed E-state index contributed by atoms with van der Waals surface area (Å²) in [6.45, 7) is 19.0. The average molecular weight is 207 g/mol. The highest BCUT2D eigenvalue weighted by atomic mass is 14.8. The zero-order chi connectivity index (χ0) is 12.3. The van der Waals surface area contributed by atoms with Crippen LogP contribution in [0.3, 0.4) is 0 Å². The fourth-order valence-electron chi connectivity index (χ4n) is 1.04. The maximum Gasteiger partial charge on any atom is 0.0385 e. The third-order valence-electron chi connectivity index (χ3n) is 2.40. The molecule has 86 valence electrons. The third-order valence-corrected chi connectivity index (χ3v) is 2.40. The van der Waals surface area contributed by atoms with Gasteiger partial charge in [-0.1, -0.05) is 54.2 Å². The first-order valence-electron chi connectivity index (χ1n) is 5.49. The molecule has 0 aliphatic carbocycles. The molecule has 0 spiro atoms. The van der Waals surface area contributed by atoms with Gasteiger partial charge in [0.1, 0.15) is 0 Å². The maximum atomic E-state index is 4.45. The highest BCUT2D eigenvalue weighted by Crippen LogP contribution is 2.27. The summed E-state index contributed by atoms with van der Waals surface area (Å²) in [5, 5.41) is 0. The largest absolute Gasteiger partial charge is 0.261 e. The number of allylic oxidation sites excluding steroid dienone is 3. The standard InChI is InChI=1S/C14H25N/c1-9-12(14(6,7)8)10-15-11(2)13(3,4)5/h9-10H,2H2,1,3-8H3/b12-9+,15-10-. The molecule has 0 N–H and O–H groups in total. The lowest BCUT2D eigenvalue weighted by Crippen LogP contribution is -2.12. The van der Waals surface area contributed by atoms with Crippen LogP contribution in [0.15, 0.2) is 28.9 Å². The first-order chi connectivity index (χ1) is 6.59. The van der Waals surface area contributed by atoms with Crippen LogP contribution in [0.1, 0.15) is 48.5 Å². The maximum absolute atomic E-state index is 4.45. The molecule has 0 aliphatic rings. The average Bonchev–Trinajstić information content (AvgIpc) is 2.00. The van der Waals surface area contributed by atoms with Crippen molar-refractivity contribution < 1.29 is 0 Å². The Bertz CT molecular complexity index is 279. The molecule has 0 atom stereocenters. The monoisotopic (exact) mass is 207 g/mol. The summed E-state index contributed by atoms with van der Waals surface area (Å²) < 4.78 is 0. The Morgan fingerprint density at radius 2 is 1.47 bits per heavy atom. The molecule has 0 aromatic rings. The second kappa shape index (κ2) is 4.78. The van der Waals surface area contributed by atoms with Crippen LogP contribution < -0.4 is 0 Å². The molecule has 0 bridgehead atoms. The summed E-state index contributed by atoms with van der Waals surface area (Å²) in [5.74, 6) is 0. The highest BCUT2D eigenvalue weighted by Gasteiger charge is 2.16. The van der Waals surface area contributed by atoms with Gasteiger partial charge in [0.25, 0.3) is 0 Å². The summed E-state index contributed by atoms with van der Waals surface area (Å²) in [7, 11) is 0. The van der Waals surface area contributed by atoms with E-state index in [1.54, 1.807) is 0 Å². The van der Waals surface area contributed by atoms with Gasteiger partial charge in [0.15, 0.2) is 0 Å². The van der Waals surface area contributed by atoms with Crippen LogP contribution in [-0.4, -0.2) is 6.21 Å². The van der Waals surface area contributed by atoms with E-state index in [2.05, 4.69) is 59.2 Å². The Balaban J connectivity index is 4.75. The summed E-state index contributed by atoms with van der Waals surface area (Å²) in [6.07, 6.45) is 4.05. The van der Waals surface area contributed by atoms with Crippen LogP contribution in [0.4, 0.5) is 0 Å². The van der Waals surface area contributed by atoms with E-state index in [0.717, 1.165) is 5.70 Å². The Kier molecular flexibility index (Phi) is 4.51. The zero-order valence-corrected chi connectivity index (χ0v) is 11.3. The summed E-state index contributed by atoms with van der Waals surface area (Å²) in [5.41, 5.74) is 2.36. The van der Waals surface area contributed by atoms with Gasteiger partial charge < -0.3 is 0 Å². The van der Waals surface area contributed by atoms with Gasteiger partial charge in [-0.2, -0.15) is 0 Å². The van der Waals surface area contributed by atoms with Crippen LogP contribution in [0.5, 0.6) is 0 Å². The highest BCUT2D eigenvalue weighted by molar-refractivity contribution is 5.80. The van der Waals surface area contributed by atoms with Crippen molar-refractivity contribution in [3.8, 4) is 0 Å². The summed E-state index contributed by atoms with van der Waals surface area (Å²) in [4.78, 5) is 4.45. The Morgan fingerprint density at radius 3 is 1.73 bits per heavy atom. The van der Waals surface area contributed by atoms with Gasteiger partial charge in [-0.25, -0.2) is 0 Å². The van der Waals surface area contributed by atoms with Gasteiger partial charge in [0.2, 0.25) is 0 Å². The lowest BCUT2D eigenvalue weighted by atomic mass is 9.87. The predicted molar refractivity (Wildman–Crippen MR) is 70.3 cm³/mol. The second-order valence-corrected chi connectivity index (χ2v) is 5.95. The van der Waals surface area contributed by atoms with Crippen molar-refractivity contribution in [1.82, 2.24) is 0 Å². The molecule has 0 radical (unpaired) electrons. The molecule has 0 aromatic carbocycles. The molecule has 0 unspecified atom stereocenters. The van der Waals surface area contributed by atoms with Crippen LogP contribution in [0.2, 0.25) is 0 Å². The van der Waals surface area contributed by atoms with E-state index in [-0.39, 0.29) is 10.8 Å². The first kappa shape index (κ1) is 14.2. The molecule has 1 heteroatoms. The van der Waals surface area contributed by atoms with E-state index in [0.29, 0.717) is 0 Å². The molecule has 0 heterocycles. The van der Waals surface area contributed by atoms with Crippen LogP contribution in [0.25, 0.3) is 0 Å². The lowest BCUT2D eigenvalue weighted by molar-refractivity contribution is 0.499. The van der Waals surface area contributed by atoms with Crippen molar-refractivity contribution >= 4 is 6.21 Å². The molecule has 0 saturated carbocycles. The van der Waals surface area contributed by atoms with Gasteiger partial charge in [-0.15, -0.1) is 0 Å². The van der Waals surface area contributed by atoms with Gasteiger partial charge in [-0.3, -0.25) is 4.99 Å². The van der Waals surface area contributed by atoms with E-state index in [4.69, 9.17) is 0 Å². The predicted octanol–water partition coefficient (Wildman–Crippen LogP) is 4.61. The number of rotatable bonds is 2. The number of hydrogen-bond acceptors (Lipinski definition) is 1. The van der Waals surface area contributed by atoms with Crippen LogP contribution in [0, 0.1) is 10.8 Å². The molecule has 0 aliphatic heterocycles. The van der Waals surface area contributed by atoms with E-state index < -0.39 is 0 Å². The topological polar surface area (TPSA) is 12.4 Å². The van der Waals surface area contributed by atoms with Gasteiger partial charge in [-0.05, 0) is 17.9 Å². The lowest BCUT2D eigenvalue weighted by Gasteiger charge is -2.21. The Morgan fingerprint density at radius 1 is 1.00 bits per heavy atom. The molecule has 1 nitrogen and oxygen atoms in total. The van der Waals surface area contributed by atoms with Crippen molar-refractivity contribution in [2.75, 3.05) is 0 Å². The van der Waals surface area contributed by atoms with Gasteiger partial charge >= 0.3 is 0 Å². The quantitative estimate of drug-likeness (QED) is 0.586. The van der Waals surface area contributed by atoms with Gasteiger partial charge in [0.05, 0.1) is 0 Å². The van der Waals surface area contributed by atoms with Crippen LogP contribution >= 0.6 is 0 Å².